The average molecular weight is 254 g/mol. The number of rotatable bonds is 4. The summed E-state index contributed by atoms with van der Waals surface area (Å²) in [6.07, 6.45) is 0. The van der Waals surface area contributed by atoms with Gasteiger partial charge in [-0.25, -0.2) is 17.9 Å². The molecule has 0 aliphatic heterocycles. The topological polar surface area (TPSA) is 69.4 Å². The predicted molar refractivity (Wildman–Crippen MR) is 54.9 cm³/mol. The molecule has 0 atom stereocenters. The monoisotopic (exact) mass is 253 g/mol. The van der Waals surface area contributed by atoms with Crippen LogP contribution in [-0.4, -0.2) is 20.8 Å². The number of hydrogen-bond donors (Lipinski definition) is 1. The maximum absolute atomic E-state index is 12.9. The van der Waals surface area contributed by atoms with Crippen LogP contribution in [-0.2, 0) is 10.0 Å². The van der Waals surface area contributed by atoms with Crippen LogP contribution in [0.3, 0.4) is 0 Å². The van der Waals surface area contributed by atoms with Gasteiger partial charge in [0.15, 0.2) is 0 Å². The molecule has 0 heterocycles. The summed E-state index contributed by atoms with van der Waals surface area (Å²) < 4.78 is 38.9. The van der Waals surface area contributed by atoms with Gasteiger partial charge in [-0.3, -0.25) is 0 Å². The summed E-state index contributed by atoms with van der Waals surface area (Å²) in [5, 5.41) is 4.73. The number of halogens is 2. The molecule has 2 N–H and O–H groups in total. The van der Waals surface area contributed by atoms with Crippen LogP contribution in [0.4, 0.5) is 4.39 Å². The molecule has 0 spiro atoms. The van der Waals surface area contributed by atoms with Gasteiger partial charge < -0.3 is 4.74 Å². The lowest BCUT2D eigenvalue weighted by Gasteiger charge is -2.05. The second kappa shape index (κ2) is 4.78. The summed E-state index contributed by atoms with van der Waals surface area (Å²) in [5.41, 5.74) is 0. The maximum atomic E-state index is 12.9. The first kappa shape index (κ1) is 12.2. The number of sulfonamides is 1. The Morgan fingerprint density at radius 3 is 2.67 bits per heavy atom. The van der Waals surface area contributed by atoms with Crippen LogP contribution in [0.1, 0.15) is 0 Å². The second-order valence-electron chi connectivity index (χ2n) is 2.79. The molecule has 0 amide bonds. The van der Waals surface area contributed by atoms with Crippen molar-refractivity contribution in [3.63, 3.8) is 0 Å². The summed E-state index contributed by atoms with van der Waals surface area (Å²) in [5.74, 6) is -0.734. The highest BCUT2D eigenvalue weighted by Gasteiger charge is 2.05. The van der Waals surface area contributed by atoms with Gasteiger partial charge in [0.05, 0.1) is 10.8 Å². The quantitative estimate of drug-likeness (QED) is 0.875. The van der Waals surface area contributed by atoms with Gasteiger partial charge in [0, 0.05) is 6.07 Å². The van der Waals surface area contributed by atoms with Gasteiger partial charge in [-0.2, -0.15) is 0 Å². The van der Waals surface area contributed by atoms with Crippen LogP contribution in [0.5, 0.6) is 5.75 Å². The normalized spacial score (nSPS) is 11.4. The zero-order chi connectivity index (χ0) is 11.5. The largest absolute Gasteiger partial charge is 0.492 e. The Kier molecular flexibility index (Phi) is 3.90. The van der Waals surface area contributed by atoms with E-state index in [0.29, 0.717) is 0 Å². The lowest BCUT2D eigenvalue weighted by Crippen LogP contribution is -2.21. The van der Waals surface area contributed by atoms with Crippen molar-refractivity contribution in [3.05, 3.63) is 29.0 Å². The number of nitrogens with two attached hydrogens (primary N) is 1. The number of primary sulfonamides is 1. The van der Waals surface area contributed by atoms with Crippen molar-refractivity contribution >= 4 is 21.6 Å². The Bertz CT molecular complexity index is 449. The molecule has 0 radical (unpaired) electrons. The van der Waals surface area contributed by atoms with E-state index in [9.17, 15) is 12.8 Å². The summed E-state index contributed by atoms with van der Waals surface area (Å²) in [7, 11) is -3.56. The van der Waals surface area contributed by atoms with Crippen molar-refractivity contribution in [1.82, 2.24) is 0 Å². The standard InChI is InChI=1S/C8H9ClFNO3S/c9-7-2-1-6(5-8(7)10)14-3-4-15(11,12)13/h1-2,5H,3-4H2,(H2,11,12,13). The summed E-state index contributed by atoms with van der Waals surface area (Å²) in [6.45, 7) is -0.125. The molecular formula is C8H9ClFNO3S. The minimum absolute atomic E-state index is 0.0196. The molecule has 0 bridgehead atoms. The summed E-state index contributed by atoms with van der Waals surface area (Å²) >= 11 is 5.44. The molecule has 0 aromatic heterocycles. The van der Waals surface area contributed by atoms with Crippen molar-refractivity contribution in [2.24, 2.45) is 5.14 Å². The van der Waals surface area contributed by atoms with Gasteiger partial charge in [-0.1, -0.05) is 11.6 Å². The number of ether oxygens (including phenoxy) is 1. The third kappa shape index (κ3) is 4.46. The van der Waals surface area contributed by atoms with Gasteiger partial charge >= 0.3 is 0 Å². The summed E-state index contributed by atoms with van der Waals surface area (Å²) in [6, 6.07) is 3.84. The molecule has 1 aromatic rings. The first-order valence-electron chi connectivity index (χ1n) is 3.97. The Morgan fingerprint density at radius 1 is 1.47 bits per heavy atom. The fourth-order valence-electron chi connectivity index (χ4n) is 0.842. The highest BCUT2D eigenvalue weighted by molar-refractivity contribution is 7.89. The zero-order valence-corrected chi connectivity index (χ0v) is 9.18. The Morgan fingerprint density at radius 2 is 2.13 bits per heavy atom. The SMILES string of the molecule is NS(=O)(=O)CCOc1ccc(Cl)c(F)c1. The molecule has 0 aliphatic rings. The minimum atomic E-state index is -3.56. The van der Waals surface area contributed by atoms with E-state index in [4.69, 9.17) is 21.5 Å². The lowest BCUT2D eigenvalue weighted by atomic mass is 10.3. The van der Waals surface area contributed by atoms with E-state index in [1.807, 2.05) is 0 Å². The predicted octanol–water partition coefficient (Wildman–Crippen LogP) is 1.15. The molecule has 15 heavy (non-hydrogen) atoms. The first-order valence-corrected chi connectivity index (χ1v) is 6.06. The lowest BCUT2D eigenvalue weighted by molar-refractivity contribution is 0.339. The molecule has 4 nitrogen and oxygen atoms in total. The fourth-order valence-corrected chi connectivity index (χ4v) is 1.28. The summed E-state index contributed by atoms with van der Waals surface area (Å²) in [4.78, 5) is 0. The third-order valence-electron chi connectivity index (χ3n) is 1.53. The molecule has 0 unspecified atom stereocenters. The van der Waals surface area contributed by atoms with Crippen molar-refractivity contribution in [1.29, 1.82) is 0 Å². The van der Waals surface area contributed by atoms with Gasteiger partial charge in [-0.05, 0) is 12.1 Å². The molecule has 0 aliphatic carbocycles. The van der Waals surface area contributed by atoms with Crippen molar-refractivity contribution in [2.75, 3.05) is 12.4 Å². The molecule has 1 aromatic carbocycles. The molecule has 0 fully saturated rings. The van der Waals surface area contributed by atoms with Gasteiger partial charge in [0.1, 0.15) is 18.2 Å². The van der Waals surface area contributed by atoms with E-state index < -0.39 is 15.8 Å². The molecule has 1 rings (SSSR count). The maximum Gasteiger partial charge on any atom is 0.212 e. The molecular weight excluding hydrogens is 245 g/mol. The molecule has 84 valence electrons. The van der Waals surface area contributed by atoms with Crippen LogP contribution in [0.2, 0.25) is 5.02 Å². The zero-order valence-electron chi connectivity index (χ0n) is 7.61. The molecule has 0 saturated carbocycles. The van der Waals surface area contributed by atoms with E-state index in [0.717, 1.165) is 6.07 Å². The van der Waals surface area contributed by atoms with E-state index in [-0.39, 0.29) is 23.1 Å². The number of hydrogen-bond acceptors (Lipinski definition) is 3. The smallest absolute Gasteiger partial charge is 0.212 e. The highest BCUT2D eigenvalue weighted by Crippen LogP contribution is 2.20. The van der Waals surface area contributed by atoms with E-state index in [1.165, 1.54) is 12.1 Å². The fraction of sp³-hybridized carbons (Fsp3) is 0.250. The van der Waals surface area contributed by atoms with E-state index >= 15 is 0 Å². The Balaban J connectivity index is 2.55. The van der Waals surface area contributed by atoms with Gasteiger partial charge in [0.2, 0.25) is 10.0 Å². The van der Waals surface area contributed by atoms with E-state index in [1.54, 1.807) is 0 Å². The van der Waals surface area contributed by atoms with E-state index in [2.05, 4.69) is 0 Å². The van der Waals surface area contributed by atoms with Crippen molar-refractivity contribution in [2.45, 2.75) is 0 Å². The van der Waals surface area contributed by atoms with Crippen LogP contribution < -0.4 is 9.88 Å². The van der Waals surface area contributed by atoms with Gasteiger partial charge in [-0.15, -0.1) is 0 Å². The van der Waals surface area contributed by atoms with Crippen LogP contribution in [0.25, 0.3) is 0 Å². The van der Waals surface area contributed by atoms with Crippen LogP contribution >= 0.6 is 11.6 Å². The van der Waals surface area contributed by atoms with Crippen molar-refractivity contribution in [3.8, 4) is 5.75 Å². The second-order valence-corrected chi connectivity index (χ2v) is 4.93. The van der Waals surface area contributed by atoms with Crippen molar-refractivity contribution < 1.29 is 17.5 Å². The minimum Gasteiger partial charge on any atom is -0.492 e. The number of benzene rings is 1. The highest BCUT2D eigenvalue weighted by atomic mass is 35.5. The molecule has 0 saturated heterocycles. The van der Waals surface area contributed by atoms with Crippen LogP contribution in [0, 0.1) is 5.82 Å². The Labute approximate surface area is 91.8 Å². The average Bonchev–Trinajstić information content (AvgIpc) is 2.09. The molecule has 7 heteroatoms. The van der Waals surface area contributed by atoms with Gasteiger partial charge in [0.25, 0.3) is 0 Å². The van der Waals surface area contributed by atoms with Crippen LogP contribution in [0.15, 0.2) is 18.2 Å². The third-order valence-corrected chi connectivity index (χ3v) is 2.57. The first-order chi connectivity index (χ1) is 6.88. The Hall–Kier alpha value is -0.850.